The Morgan fingerprint density at radius 2 is 1.68 bits per heavy atom. The summed E-state index contributed by atoms with van der Waals surface area (Å²) >= 11 is 5.64. The monoisotopic (exact) mass is 415 g/mol. The van der Waals surface area contributed by atoms with Gasteiger partial charge in [0.2, 0.25) is 5.91 Å². The van der Waals surface area contributed by atoms with Gasteiger partial charge in [-0.25, -0.2) is 16.8 Å². The molecule has 0 aliphatic carbocycles. The van der Waals surface area contributed by atoms with Crippen molar-refractivity contribution in [1.82, 2.24) is 4.90 Å². The molecule has 7 nitrogen and oxygen atoms in total. The number of halogens is 1. The molecule has 0 aromatic heterocycles. The number of nitrogens with zero attached hydrogens (tertiary/aromatic N) is 1. The topological polar surface area (TPSA) is 97.8 Å². The molecular formula is C15H26ClNO6S2. The average molecular weight is 416 g/mol. The van der Waals surface area contributed by atoms with E-state index in [2.05, 4.69) is 0 Å². The highest BCUT2D eigenvalue weighted by molar-refractivity contribution is 7.91. The van der Waals surface area contributed by atoms with Gasteiger partial charge in [0.1, 0.15) is 5.88 Å². The summed E-state index contributed by atoms with van der Waals surface area (Å²) in [5.74, 6) is 0.0988. The summed E-state index contributed by atoms with van der Waals surface area (Å²) in [5.41, 5.74) is 0. The molecule has 0 N–H and O–H groups in total. The lowest BCUT2D eigenvalue weighted by molar-refractivity contribution is -0.130. The van der Waals surface area contributed by atoms with Crippen LogP contribution in [0.25, 0.3) is 0 Å². The molecule has 1 amide bonds. The first-order valence-electron chi connectivity index (χ1n) is 8.60. The van der Waals surface area contributed by atoms with Gasteiger partial charge in [0, 0.05) is 19.2 Å². The Morgan fingerprint density at radius 3 is 2.24 bits per heavy atom. The molecule has 2 aliphatic heterocycles. The largest absolute Gasteiger partial charge is 0.377 e. The van der Waals surface area contributed by atoms with Gasteiger partial charge < -0.3 is 9.64 Å². The fraction of sp³-hybridized carbons (Fsp3) is 0.933. The maximum absolute atomic E-state index is 12.0. The van der Waals surface area contributed by atoms with Crippen LogP contribution in [0.3, 0.4) is 0 Å². The van der Waals surface area contributed by atoms with Gasteiger partial charge in [0.25, 0.3) is 0 Å². The fourth-order valence-electron chi connectivity index (χ4n) is 3.31. The van der Waals surface area contributed by atoms with Gasteiger partial charge in [-0.05, 0) is 32.1 Å². The first-order valence-corrected chi connectivity index (χ1v) is 12.8. The van der Waals surface area contributed by atoms with Crippen molar-refractivity contribution in [3.05, 3.63) is 0 Å². The van der Waals surface area contributed by atoms with E-state index in [-0.39, 0.29) is 46.9 Å². The van der Waals surface area contributed by atoms with Crippen molar-refractivity contribution in [1.29, 1.82) is 0 Å². The average Bonchev–Trinajstić information content (AvgIpc) is 3.07. The predicted octanol–water partition coefficient (Wildman–Crippen LogP) is 0.615. The number of ether oxygens (including phenoxy) is 1. The highest BCUT2D eigenvalue weighted by Crippen LogP contribution is 2.19. The number of sulfone groups is 2. The van der Waals surface area contributed by atoms with Crippen LogP contribution in [0, 0.1) is 0 Å². The van der Waals surface area contributed by atoms with Crippen molar-refractivity contribution in [3.63, 3.8) is 0 Å². The van der Waals surface area contributed by atoms with Gasteiger partial charge in [-0.2, -0.15) is 0 Å². The number of unbranched alkanes of at least 4 members (excludes halogenated alkanes) is 2. The number of carbonyl (C=O) groups is 1. The van der Waals surface area contributed by atoms with Gasteiger partial charge in [0.05, 0.1) is 29.1 Å². The third-order valence-electron chi connectivity index (χ3n) is 4.67. The van der Waals surface area contributed by atoms with E-state index in [9.17, 15) is 21.6 Å². The van der Waals surface area contributed by atoms with Crippen LogP contribution >= 0.6 is 11.6 Å². The minimum atomic E-state index is -3.05. The highest BCUT2D eigenvalue weighted by atomic mass is 35.5. The summed E-state index contributed by atoms with van der Waals surface area (Å²) in [6, 6.07) is -0.267. The maximum Gasteiger partial charge on any atom is 0.237 e. The molecule has 2 heterocycles. The predicted molar refractivity (Wildman–Crippen MR) is 96.4 cm³/mol. The maximum atomic E-state index is 12.0. The van der Waals surface area contributed by atoms with Crippen molar-refractivity contribution >= 4 is 37.2 Å². The minimum Gasteiger partial charge on any atom is -0.377 e. The third-order valence-corrected chi connectivity index (χ3v) is 8.39. The van der Waals surface area contributed by atoms with Crippen LogP contribution in [0.4, 0.5) is 0 Å². The molecule has 2 saturated heterocycles. The Kier molecular flexibility index (Phi) is 7.54. The van der Waals surface area contributed by atoms with Crippen LogP contribution < -0.4 is 0 Å². The minimum absolute atomic E-state index is 0.0227. The zero-order chi connectivity index (χ0) is 18.5. The Morgan fingerprint density at radius 1 is 1.00 bits per heavy atom. The molecule has 0 bridgehead atoms. The molecule has 0 aromatic rings. The second-order valence-electron chi connectivity index (χ2n) is 6.73. The molecule has 25 heavy (non-hydrogen) atoms. The van der Waals surface area contributed by atoms with Gasteiger partial charge in [0.15, 0.2) is 19.7 Å². The molecule has 146 valence electrons. The van der Waals surface area contributed by atoms with E-state index >= 15 is 0 Å². The quantitative estimate of drug-likeness (QED) is 0.404. The number of hydrogen-bond donors (Lipinski definition) is 0. The molecular weight excluding hydrogens is 390 g/mol. The lowest BCUT2D eigenvalue weighted by atomic mass is 10.1. The molecule has 0 spiro atoms. The summed E-state index contributed by atoms with van der Waals surface area (Å²) in [6.07, 6.45) is 3.20. The van der Waals surface area contributed by atoms with E-state index in [1.807, 2.05) is 0 Å². The summed E-state index contributed by atoms with van der Waals surface area (Å²) in [5, 5.41) is 0. The number of hydrogen-bond acceptors (Lipinski definition) is 6. The van der Waals surface area contributed by atoms with E-state index in [1.54, 1.807) is 4.90 Å². The van der Waals surface area contributed by atoms with Crippen LogP contribution in [-0.2, 0) is 29.2 Å². The van der Waals surface area contributed by atoms with E-state index in [0.717, 1.165) is 19.3 Å². The summed E-state index contributed by atoms with van der Waals surface area (Å²) in [4.78, 5) is 13.6. The molecule has 0 saturated carbocycles. The molecule has 0 aromatic carbocycles. The van der Waals surface area contributed by atoms with Gasteiger partial charge in [-0.15, -0.1) is 11.6 Å². The molecule has 0 radical (unpaired) electrons. The van der Waals surface area contributed by atoms with Crippen molar-refractivity contribution in [3.8, 4) is 0 Å². The second-order valence-corrected chi connectivity index (χ2v) is 11.5. The van der Waals surface area contributed by atoms with E-state index in [0.29, 0.717) is 26.0 Å². The lowest BCUT2D eigenvalue weighted by Gasteiger charge is -2.27. The van der Waals surface area contributed by atoms with Crippen LogP contribution in [0.2, 0.25) is 0 Å². The highest BCUT2D eigenvalue weighted by Gasteiger charge is 2.34. The second kappa shape index (κ2) is 9.01. The number of carbonyl (C=O) groups excluding carboxylic acids is 1. The standard InChI is InChI=1S/C15H26ClNO6S2/c16-10-15(18)17(13-4-8-24(19,20)11-13)6-2-1-3-7-23-14-5-9-25(21,22)12-14/h13-14H,1-12H2/t13-,14-/m0/s1. The first kappa shape index (κ1) is 20.9. The van der Waals surface area contributed by atoms with E-state index in [1.165, 1.54) is 0 Å². The van der Waals surface area contributed by atoms with Gasteiger partial charge in [-0.3, -0.25) is 4.79 Å². The van der Waals surface area contributed by atoms with E-state index < -0.39 is 19.7 Å². The molecule has 2 aliphatic rings. The first-order chi connectivity index (χ1) is 11.7. The van der Waals surface area contributed by atoms with Gasteiger partial charge >= 0.3 is 0 Å². The summed E-state index contributed by atoms with van der Waals surface area (Å²) < 4.78 is 51.5. The van der Waals surface area contributed by atoms with Crippen molar-refractivity contribution in [2.24, 2.45) is 0 Å². The van der Waals surface area contributed by atoms with Crippen molar-refractivity contribution in [2.75, 3.05) is 42.0 Å². The fourth-order valence-corrected chi connectivity index (χ4v) is 6.81. The third kappa shape index (κ3) is 6.69. The Labute approximate surface area is 154 Å². The van der Waals surface area contributed by atoms with Crippen LogP contribution in [-0.4, -0.2) is 81.8 Å². The Hall–Kier alpha value is -0.380. The van der Waals surface area contributed by atoms with E-state index in [4.69, 9.17) is 16.3 Å². The number of amides is 1. The SMILES string of the molecule is O=C(CCl)N(CCCCCO[C@H]1CCS(=O)(=O)C1)[C@H]1CCS(=O)(=O)C1. The molecule has 2 atom stereocenters. The van der Waals surface area contributed by atoms with Crippen LogP contribution in [0.5, 0.6) is 0 Å². The smallest absolute Gasteiger partial charge is 0.237 e. The van der Waals surface area contributed by atoms with Gasteiger partial charge in [-0.1, -0.05) is 0 Å². The lowest BCUT2D eigenvalue weighted by Crippen LogP contribution is -2.42. The number of rotatable bonds is 9. The van der Waals surface area contributed by atoms with Crippen molar-refractivity contribution in [2.45, 2.75) is 44.2 Å². The Balaban J connectivity index is 1.66. The zero-order valence-electron chi connectivity index (χ0n) is 14.2. The van der Waals surface area contributed by atoms with Crippen LogP contribution in [0.15, 0.2) is 0 Å². The van der Waals surface area contributed by atoms with Crippen molar-refractivity contribution < 1.29 is 26.4 Å². The molecule has 10 heteroatoms. The molecule has 2 rings (SSSR count). The summed E-state index contributed by atoms with van der Waals surface area (Å²) in [6.45, 7) is 0.991. The van der Waals surface area contributed by atoms with Crippen LogP contribution in [0.1, 0.15) is 32.1 Å². The zero-order valence-corrected chi connectivity index (χ0v) is 16.6. The summed E-state index contributed by atoms with van der Waals surface area (Å²) in [7, 11) is -5.96. The Bertz CT molecular complexity index is 664. The number of alkyl halides is 1. The molecule has 2 fully saturated rings. The molecule has 0 unspecified atom stereocenters. The normalized spacial score (nSPS) is 27.4.